The molecule has 0 bridgehead atoms. The van der Waals surface area contributed by atoms with Crippen LogP contribution >= 0.6 is 0 Å². The monoisotopic (exact) mass is 291 g/mol. The second-order valence-corrected chi connectivity index (χ2v) is 5.39. The van der Waals surface area contributed by atoms with Gasteiger partial charge in [-0.1, -0.05) is 24.3 Å². The lowest BCUT2D eigenvalue weighted by Crippen LogP contribution is -2.36. The Morgan fingerprint density at radius 1 is 1.40 bits per heavy atom. The van der Waals surface area contributed by atoms with Crippen LogP contribution in [-0.2, 0) is 10.0 Å². The molecule has 104 valence electrons. The maximum atomic E-state index is 12.2. The van der Waals surface area contributed by atoms with Crippen molar-refractivity contribution in [3.63, 3.8) is 0 Å². The molecule has 1 N–H and O–H groups in total. The van der Waals surface area contributed by atoms with E-state index in [-0.39, 0.29) is 17.4 Å². The minimum Gasteiger partial charge on any atom is -0.247 e. The van der Waals surface area contributed by atoms with Gasteiger partial charge in [-0.05, 0) is 12.1 Å². The number of sulfonamides is 1. The van der Waals surface area contributed by atoms with Crippen LogP contribution in [0, 0.1) is 0 Å². The molecule has 1 aromatic heterocycles. The van der Waals surface area contributed by atoms with Gasteiger partial charge in [-0.25, -0.2) is 23.1 Å². The van der Waals surface area contributed by atoms with Crippen LogP contribution in [0.5, 0.6) is 0 Å². The van der Waals surface area contributed by atoms with Crippen molar-refractivity contribution in [2.75, 3.05) is 6.54 Å². The normalized spacial score (nSPS) is 12.1. The van der Waals surface area contributed by atoms with E-state index in [1.54, 1.807) is 24.3 Å². The first-order valence-corrected chi connectivity index (χ1v) is 7.20. The van der Waals surface area contributed by atoms with Crippen molar-refractivity contribution in [1.29, 1.82) is 0 Å². The Balaban J connectivity index is 2.31. The summed E-state index contributed by atoms with van der Waals surface area (Å²) in [6.07, 6.45) is 4.20. The number of benzene rings is 1. The summed E-state index contributed by atoms with van der Waals surface area (Å²) in [7, 11) is -3.72. The topological polar surface area (TPSA) is 89.2 Å². The lowest BCUT2D eigenvalue weighted by molar-refractivity contribution is 0.591. The summed E-state index contributed by atoms with van der Waals surface area (Å²) in [5.74, 6) is 0.0613. The largest absolute Gasteiger partial charge is 0.264 e. The summed E-state index contributed by atoms with van der Waals surface area (Å²) in [4.78, 5) is 7.97. The standard InChI is InChI=1S/C12H13N5O2S/c1-2-8-14-12(17-10-13-9-15-17)16-20(18,19)11-6-4-3-5-7-11/h2-7,9-10H,1,8H2,(H,14,16). The van der Waals surface area contributed by atoms with Crippen molar-refractivity contribution in [1.82, 2.24) is 19.5 Å². The first-order chi connectivity index (χ1) is 9.63. The van der Waals surface area contributed by atoms with Crippen LogP contribution < -0.4 is 4.72 Å². The summed E-state index contributed by atoms with van der Waals surface area (Å²) < 4.78 is 28.1. The summed E-state index contributed by atoms with van der Waals surface area (Å²) in [6, 6.07) is 8.02. The van der Waals surface area contributed by atoms with Gasteiger partial charge in [-0.15, -0.1) is 6.58 Å². The summed E-state index contributed by atoms with van der Waals surface area (Å²) in [5.41, 5.74) is 0. The molecule has 2 rings (SSSR count). The van der Waals surface area contributed by atoms with Crippen LogP contribution in [0.15, 0.2) is 65.5 Å². The van der Waals surface area contributed by atoms with Crippen molar-refractivity contribution in [2.45, 2.75) is 4.90 Å². The van der Waals surface area contributed by atoms with Gasteiger partial charge in [0.15, 0.2) is 0 Å². The zero-order chi connectivity index (χ0) is 14.4. The third-order valence-electron chi connectivity index (χ3n) is 2.29. The number of aliphatic imine (C=N–C) groups is 1. The number of hydrogen-bond acceptors (Lipinski definition) is 5. The van der Waals surface area contributed by atoms with E-state index >= 15 is 0 Å². The average Bonchev–Trinajstić information content (AvgIpc) is 2.98. The number of nitrogens with one attached hydrogen (secondary N) is 1. The fourth-order valence-electron chi connectivity index (χ4n) is 1.40. The van der Waals surface area contributed by atoms with Crippen molar-refractivity contribution in [3.8, 4) is 0 Å². The average molecular weight is 291 g/mol. The number of hydrogen-bond donors (Lipinski definition) is 1. The Labute approximate surface area is 116 Å². The van der Waals surface area contributed by atoms with E-state index < -0.39 is 10.0 Å². The molecule has 0 saturated carbocycles. The van der Waals surface area contributed by atoms with E-state index in [0.29, 0.717) is 0 Å². The van der Waals surface area contributed by atoms with Gasteiger partial charge in [0.25, 0.3) is 10.0 Å². The predicted molar refractivity (Wildman–Crippen MR) is 74.7 cm³/mol. The fraction of sp³-hybridized carbons (Fsp3) is 0.0833. The van der Waals surface area contributed by atoms with Crippen LogP contribution in [0.2, 0.25) is 0 Å². The highest BCUT2D eigenvalue weighted by molar-refractivity contribution is 7.90. The highest BCUT2D eigenvalue weighted by Gasteiger charge is 2.17. The Kier molecular flexibility index (Phi) is 4.26. The van der Waals surface area contributed by atoms with Crippen molar-refractivity contribution in [2.24, 2.45) is 4.99 Å². The lowest BCUT2D eigenvalue weighted by Gasteiger charge is -2.10. The van der Waals surface area contributed by atoms with Gasteiger partial charge in [0.2, 0.25) is 5.96 Å². The molecule has 0 spiro atoms. The highest BCUT2D eigenvalue weighted by Crippen LogP contribution is 2.07. The van der Waals surface area contributed by atoms with E-state index in [1.165, 1.54) is 29.5 Å². The third kappa shape index (κ3) is 3.29. The molecule has 7 nitrogen and oxygen atoms in total. The van der Waals surface area contributed by atoms with Crippen LogP contribution in [-0.4, -0.2) is 35.7 Å². The molecule has 1 aromatic carbocycles. The number of rotatable bonds is 4. The molecule has 0 atom stereocenters. The van der Waals surface area contributed by atoms with Crippen molar-refractivity contribution in [3.05, 3.63) is 55.6 Å². The maximum absolute atomic E-state index is 12.2. The Hall–Kier alpha value is -2.48. The minimum absolute atomic E-state index is 0.0613. The summed E-state index contributed by atoms with van der Waals surface area (Å²) in [6.45, 7) is 3.80. The molecule has 2 aromatic rings. The van der Waals surface area contributed by atoms with Crippen LogP contribution in [0.1, 0.15) is 0 Å². The lowest BCUT2D eigenvalue weighted by atomic mass is 10.4. The molecule has 0 radical (unpaired) electrons. The molecular formula is C12H13N5O2S. The molecule has 0 amide bonds. The van der Waals surface area contributed by atoms with Crippen LogP contribution in [0.3, 0.4) is 0 Å². The van der Waals surface area contributed by atoms with Crippen LogP contribution in [0.4, 0.5) is 0 Å². The van der Waals surface area contributed by atoms with Gasteiger partial charge in [0, 0.05) is 0 Å². The second-order valence-electron chi connectivity index (χ2n) is 3.71. The maximum Gasteiger partial charge on any atom is 0.264 e. The molecule has 0 fully saturated rings. The predicted octanol–water partition coefficient (Wildman–Crippen LogP) is 0.647. The number of aromatic nitrogens is 3. The van der Waals surface area contributed by atoms with E-state index in [1.807, 2.05) is 0 Å². The van der Waals surface area contributed by atoms with Gasteiger partial charge in [0.05, 0.1) is 11.4 Å². The van der Waals surface area contributed by atoms with Crippen molar-refractivity contribution >= 4 is 16.0 Å². The molecule has 20 heavy (non-hydrogen) atoms. The molecule has 8 heteroatoms. The Bertz CT molecular complexity index is 693. The van der Waals surface area contributed by atoms with Gasteiger partial charge < -0.3 is 0 Å². The van der Waals surface area contributed by atoms with Crippen molar-refractivity contribution < 1.29 is 8.42 Å². The molecular weight excluding hydrogens is 278 g/mol. The molecule has 0 aliphatic carbocycles. The quantitative estimate of drug-likeness (QED) is 0.509. The molecule has 0 aliphatic heterocycles. The summed E-state index contributed by atoms with van der Waals surface area (Å²) in [5, 5.41) is 3.86. The molecule has 0 aliphatic rings. The molecule has 1 heterocycles. The SMILES string of the molecule is C=CCN=C(NS(=O)(=O)c1ccccc1)n1cncn1. The second kappa shape index (κ2) is 6.11. The highest BCUT2D eigenvalue weighted by atomic mass is 32.2. The van der Waals surface area contributed by atoms with Gasteiger partial charge in [-0.3, -0.25) is 0 Å². The third-order valence-corrected chi connectivity index (χ3v) is 3.63. The van der Waals surface area contributed by atoms with Crippen LogP contribution in [0.25, 0.3) is 0 Å². The minimum atomic E-state index is -3.72. The molecule has 0 saturated heterocycles. The summed E-state index contributed by atoms with van der Waals surface area (Å²) >= 11 is 0. The fourth-order valence-corrected chi connectivity index (χ4v) is 2.43. The smallest absolute Gasteiger partial charge is 0.247 e. The number of nitrogens with zero attached hydrogens (tertiary/aromatic N) is 4. The van der Waals surface area contributed by atoms with E-state index in [4.69, 9.17) is 0 Å². The van der Waals surface area contributed by atoms with E-state index in [0.717, 1.165) is 0 Å². The van der Waals surface area contributed by atoms with E-state index in [9.17, 15) is 8.42 Å². The first-order valence-electron chi connectivity index (χ1n) is 5.71. The Morgan fingerprint density at radius 3 is 2.75 bits per heavy atom. The zero-order valence-corrected chi connectivity index (χ0v) is 11.4. The Morgan fingerprint density at radius 2 is 2.15 bits per heavy atom. The van der Waals surface area contributed by atoms with Gasteiger partial charge in [-0.2, -0.15) is 9.78 Å². The van der Waals surface area contributed by atoms with Gasteiger partial charge in [0.1, 0.15) is 12.7 Å². The zero-order valence-electron chi connectivity index (χ0n) is 10.5. The van der Waals surface area contributed by atoms with E-state index in [2.05, 4.69) is 26.4 Å². The van der Waals surface area contributed by atoms with Gasteiger partial charge >= 0.3 is 0 Å². The molecule has 0 unspecified atom stereocenters. The first kappa shape index (κ1) is 13.9.